The first-order chi connectivity index (χ1) is 6.83. The molecule has 0 aliphatic carbocycles. The summed E-state index contributed by atoms with van der Waals surface area (Å²) in [6, 6.07) is 1.30. The van der Waals surface area contributed by atoms with Gasteiger partial charge in [-0.3, -0.25) is 0 Å². The van der Waals surface area contributed by atoms with E-state index in [1.165, 1.54) is 6.07 Å². The van der Waals surface area contributed by atoms with Crippen molar-refractivity contribution in [3.63, 3.8) is 0 Å². The summed E-state index contributed by atoms with van der Waals surface area (Å²) in [5.41, 5.74) is 0.297. The number of hydrogen-bond donors (Lipinski definition) is 1. The highest BCUT2D eigenvalue weighted by molar-refractivity contribution is 7.91. The van der Waals surface area contributed by atoms with Gasteiger partial charge in [0.2, 0.25) is 0 Å². The van der Waals surface area contributed by atoms with Gasteiger partial charge in [-0.2, -0.15) is 4.37 Å². The molecule has 0 saturated carbocycles. The first-order valence-corrected chi connectivity index (χ1v) is 6.72. The van der Waals surface area contributed by atoms with Crippen LogP contribution < -0.4 is 0 Å². The number of aromatic carboxylic acids is 1. The van der Waals surface area contributed by atoms with E-state index in [1.54, 1.807) is 13.8 Å². The summed E-state index contributed by atoms with van der Waals surface area (Å²) in [5, 5.41) is 8.15. The van der Waals surface area contributed by atoms with Gasteiger partial charge >= 0.3 is 5.97 Å². The summed E-state index contributed by atoms with van der Waals surface area (Å²) in [7, 11) is -3.21. The van der Waals surface area contributed by atoms with E-state index >= 15 is 0 Å². The van der Waals surface area contributed by atoms with E-state index in [0.717, 1.165) is 11.5 Å². The van der Waals surface area contributed by atoms with Crippen molar-refractivity contribution in [1.82, 2.24) is 4.37 Å². The molecule has 84 valence electrons. The maximum Gasteiger partial charge on any atom is 0.347 e. The van der Waals surface area contributed by atoms with Gasteiger partial charge in [0.15, 0.2) is 9.84 Å². The molecule has 0 spiro atoms. The minimum absolute atomic E-state index is 0.0592. The fourth-order valence-corrected chi connectivity index (χ4v) is 2.43. The smallest absolute Gasteiger partial charge is 0.347 e. The van der Waals surface area contributed by atoms with Crippen LogP contribution in [0.4, 0.5) is 0 Å². The molecule has 0 fully saturated rings. The second-order valence-electron chi connectivity index (χ2n) is 3.34. The van der Waals surface area contributed by atoms with Gasteiger partial charge in [0.1, 0.15) is 4.88 Å². The minimum atomic E-state index is -3.21. The average molecular weight is 249 g/mol. The van der Waals surface area contributed by atoms with Crippen LogP contribution >= 0.6 is 11.5 Å². The molecule has 0 aliphatic rings. The van der Waals surface area contributed by atoms with Gasteiger partial charge < -0.3 is 5.11 Å². The van der Waals surface area contributed by atoms with Gasteiger partial charge in [0.25, 0.3) is 0 Å². The lowest BCUT2D eigenvalue weighted by Gasteiger charge is -2.04. The van der Waals surface area contributed by atoms with Crippen LogP contribution in [0.2, 0.25) is 0 Å². The second kappa shape index (κ2) is 4.28. The lowest BCUT2D eigenvalue weighted by atomic mass is 10.4. The molecule has 1 aromatic rings. The number of carbonyl (C=O) groups is 1. The van der Waals surface area contributed by atoms with Gasteiger partial charge in [-0.1, -0.05) is 0 Å². The topological polar surface area (TPSA) is 84.3 Å². The average Bonchev–Trinajstić information content (AvgIpc) is 2.51. The van der Waals surface area contributed by atoms with Crippen LogP contribution in [0.3, 0.4) is 0 Å². The van der Waals surface area contributed by atoms with Crippen molar-refractivity contribution in [3.05, 3.63) is 16.6 Å². The molecule has 0 aliphatic heterocycles. The predicted molar refractivity (Wildman–Crippen MR) is 56.8 cm³/mol. The quantitative estimate of drug-likeness (QED) is 0.865. The van der Waals surface area contributed by atoms with E-state index in [2.05, 4.69) is 4.37 Å². The number of hydrogen-bond acceptors (Lipinski definition) is 5. The Labute approximate surface area is 91.8 Å². The Bertz CT molecular complexity index is 461. The zero-order valence-electron chi connectivity index (χ0n) is 8.30. The molecule has 1 heterocycles. The molecule has 1 rings (SSSR count). The van der Waals surface area contributed by atoms with Gasteiger partial charge in [-0.15, -0.1) is 0 Å². The number of nitrogens with zero attached hydrogens (tertiary/aromatic N) is 1. The summed E-state index contributed by atoms with van der Waals surface area (Å²) >= 11 is 0.796. The van der Waals surface area contributed by atoms with Crippen LogP contribution in [0.15, 0.2) is 6.07 Å². The van der Waals surface area contributed by atoms with Crippen molar-refractivity contribution in [2.75, 3.05) is 0 Å². The third-order valence-electron chi connectivity index (χ3n) is 1.84. The summed E-state index contributed by atoms with van der Waals surface area (Å²) in [5.74, 6) is -1.28. The molecule has 1 aromatic heterocycles. The third-order valence-corrected chi connectivity index (χ3v) is 4.79. The molecule has 0 radical (unpaired) electrons. The largest absolute Gasteiger partial charge is 0.477 e. The molecule has 0 saturated heterocycles. The second-order valence-corrected chi connectivity index (χ2v) is 6.71. The number of carboxylic acid groups (broad SMARTS) is 1. The summed E-state index contributed by atoms with van der Waals surface area (Å²) in [6.45, 7) is 3.17. The molecule has 0 unspecified atom stereocenters. The Balaban J connectivity index is 2.87. The lowest BCUT2D eigenvalue weighted by Crippen LogP contribution is -2.16. The fraction of sp³-hybridized carbons (Fsp3) is 0.500. The number of rotatable bonds is 4. The molecule has 5 nitrogen and oxygen atoms in total. The van der Waals surface area contributed by atoms with E-state index in [-0.39, 0.29) is 10.6 Å². The number of carboxylic acids is 1. The maximum atomic E-state index is 11.5. The Morgan fingerprint density at radius 3 is 2.60 bits per heavy atom. The summed E-state index contributed by atoms with van der Waals surface area (Å²) in [6.07, 6.45) is 0. The molecule has 0 bridgehead atoms. The van der Waals surface area contributed by atoms with Crippen molar-refractivity contribution in [1.29, 1.82) is 0 Å². The van der Waals surface area contributed by atoms with E-state index in [9.17, 15) is 13.2 Å². The van der Waals surface area contributed by atoms with Crippen LogP contribution in [0.25, 0.3) is 0 Å². The van der Waals surface area contributed by atoms with Crippen LogP contribution in [0.1, 0.15) is 29.2 Å². The molecular weight excluding hydrogens is 238 g/mol. The maximum absolute atomic E-state index is 11.5. The lowest BCUT2D eigenvalue weighted by molar-refractivity contribution is 0.0702. The van der Waals surface area contributed by atoms with E-state index < -0.39 is 21.1 Å². The van der Waals surface area contributed by atoms with Gasteiger partial charge in [0.05, 0.1) is 16.7 Å². The molecular formula is C8H11NO4S2. The molecule has 0 aromatic carbocycles. The molecule has 0 atom stereocenters. The number of sulfone groups is 1. The fourth-order valence-electron chi connectivity index (χ4n) is 0.853. The first kappa shape index (κ1) is 12.1. The van der Waals surface area contributed by atoms with Gasteiger partial charge in [-0.05, 0) is 31.4 Å². The zero-order chi connectivity index (χ0) is 11.6. The normalized spacial score (nSPS) is 11.9. The van der Waals surface area contributed by atoms with Crippen molar-refractivity contribution < 1.29 is 18.3 Å². The Hall–Kier alpha value is -0.950. The molecule has 7 heteroatoms. The van der Waals surface area contributed by atoms with Crippen molar-refractivity contribution in [2.45, 2.75) is 24.9 Å². The highest BCUT2D eigenvalue weighted by Gasteiger charge is 2.19. The summed E-state index contributed by atoms with van der Waals surface area (Å²) in [4.78, 5) is 10.6. The Morgan fingerprint density at radius 2 is 2.20 bits per heavy atom. The van der Waals surface area contributed by atoms with Crippen LogP contribution in [0, 0.1) is 0 Å². The van der Waals surface area contributed by atoms with Crippen LogP contribution in [-0.4, -0.2) is 29.1 Å². The van der Waals surface area contributed by atoms with Gasteiger partial charge in [0, 0.05) is 0 Å². The van der Waals surface area contributed by atoms with Crippen LogP contribution in [0.5, 0.6) is 0 Å². The van der Waals surface area contributed by atoms with Gasteiger partial charge in [-0.25, -0.2) is 13.2 Å². The van der Waals surface area contributed by atoms with Crippen molar-refractivity contribution >= 4 is 27.3 Å². The Morgan fingerprint density at radius 1 is 1.60 bits per heavy atom. The Kier molecular flexibility index (Phi) is 3.46. The SMILES string of the molecule is CC(C)S(=O)(=O)Cc1cc(C(=O)O)sn1. The minimum Gasteiger partial charge on any atom is -0.477 e. The van der Waals surface area contributed by atoms with E-state index in [1.807, 2.05) is 0 Å². The van der Waals surface area contributed by atoms with Crippen molar-refractivity contribution in [2.24, 2.45) is 0 Å². The highest BCUT2D eigenvalue weighted by atomic mass is 32.2. The standard InChI is InChI=1S/C8H11NO4S2/c1-5(2)15(12,13)4-6-3-7(8(10)11)14-9-6/h3,5H,4H2,1-2H3,(H,10,11). The van der Waals surface area contributed by atoms with Crippen LogP contribution in [-0.2, 0) is 15.6 Å². The van der Waals surface area contributed by atoms with Crippen molar-refractivity contribution in [3.8, 4) is 0 Å². The monoisotopic (exact) mass is 249 g/mol. The zero-order valence-corrected chi connectivity index (χ0v) is 9.93. The summed E-state index contributed by atoms with van der Waals surface area (Å²) < 4.78 is 26.8. The van der Waals surface area contributed by atoms with E-state index in [4.69, 9.17) is 5.11 Å². The molecule has 15 heavy (non-hydrogen) atoms. The number of aromatic nitrogens is 1. The highest BCUT2D eigenvalue weighted by Crippen LogP contribution is 2.14. The molecule has 0 amide bonds. The third kappa shape index (κ3) is 3.00. The first-order valence-electron chi connectivity index (χ1n) is 4.23. The predicted octanol–water partition coefficient (Wildman–Crippen LogP) is 1.16. The van der Waals surface area contributed by atoms with E-state index in [0.29, 0.717) is 5.69 Å². The molecule has 1 N–H and O–H groups in total.